The summed E-state index contributed by atoms with van der Waals surface area (Å²) >= 11 is 0. The van der Waals surface area contributed by atoms with Crippen LogP contribution in [0.5, 0.6) is 0 Å². The molecule has 2 aromatic carbocycles. The van der Waals surface area contributed by atoms with Gasteiger partial charge in [0.2, 0.25) is 0 Å². The number of aromatic nitrogens is 2. The quantitative estimate of drug-likeness (QED) is 0.461. The lowest BCUT2D eigenvalue weighted by Crippen LogP contribution is -2.07. The number of rotatable bonds is 4. The molecule has 12 heteroatoms. The molecule has 3 rings (SSSR count). The Balaban J connectivity index is 0.000000233. The Morgan fingerprint density at radius 2 is 1.77 bits per heavy atom. The lowest BCUT2D eigenvalue weighted by atomic mass is 10.1. The number of halogens is 3. The molecular weight excluding hydrogens is 423 g/mol. The van der Waals surface area contributed by atoms with Gasteiger partial charge in [0.15, 0.2) is 0 Å². The molecule has 0 radical (unpaired) electrons. The van der Waals surface area contributed by atoms with Gasteiger partial charge in [-0.2, -0.15) is 13.2 Å². The summed E-state index contributed by atoms with van der Waals surface area (Å²) in [5.74, 6) is -2.23. The number of carboxylic acid groups (broad SMARTS) is 2. The number of carboxylic acids is 2. The zero-order valence-corrected chi connectivity index (χ0v) is 15.7. The summed E-state index contributed by atoms with van der Waals surface area (Å²) in [6.45, 7) is 1.62. The number of aromatic carboxylic acids is 2. The first-order valence-corrected chi connectivity index (χ1v) is 8.32. The molecule has 0 spiro atoms. The van der Waals surface area contributed by atoms with Crippen LogP contribution in [-0.4, -0.2) is 36.6 Å². The van der Waals surface area contributed by atoms with Crippen molar-refractivity contribution in [3.63, 3.8) is 0 Å². The molecule has 0 aliphatic carbocycles. The van der Waals surface area contributed by atoms with Crippen LogP contribution in [0.1, 0.15) is 31.8 Å². The van der Waals surface area contributed by atoms with Gasteiger partial charge >= 0.3 is 18.1 Å². The number of non-ortho nitro benzene ring substituents is 1. The average Bonchev–Trinajstić information content (AvgIpc) is 3.22. The number of aryl methyl sites for hydroxylation is 1. The Bertz CT molecular complexity index is 1130. The van der Waals surface area contributed by atoms with Gasteiger partial charge in [0, 0.05) is 24.5 Å². The number of nitro groups is 1. The summed E-state index contributed by atoms with van der Waals surface area (Å²) in [5.41, 5.74) is -1.08. The molecule has 1 aromatic heterocycles. The molecule has 0 bridgehead atoms. The van der Waals surface area contributed by atoms with Crippen molar-refractivity contribution in [1.82, 2.24) is 9.55 Å². The van der Waals surface area contributed by atoms with E-state index in [0.29, 0.717) is 11.6 Å². The topological polar surface area (TPSA) is 136 Å². The van der Waals surface area contributed by atoms with Crippen molar-refractivity contribution in [3.05, 3.63) is 87.5 Å². The van der Waals surface area contributed by atoms with Crippen molar-refractivity contribution in [2.75, 3.05) is 0 Å². The third-order valence-corrected chi connectivity index (χ3v) is 3.96. The Morgan fingerprint density at radius 1 is 1.10 bits per heavy atom. The van der Waals surface area contributed by atoms with Crippen LogP contribution in [0.25, 0.3) is 5.69 Å². The van der Waals surface area contributed by atoms with Crippen molar-refractivity contribution in [3.8, 4) is 5.69 Å². The van der Waals surface area contributed by atoms with Gasteiger partial charge in [0.05, 0.1) is 33.6 Å². The minimum Gasteiger partial charge on any atom is -0.478 e. The largest absolute Gasteiger partial charge is 0.478 e. The Morgan fingerprint density at radius 3 is 2.26 bits per heavy atom. The van der Waals surface area contributed by atoms with Crippen molar-refractivity contribution < 1.29 is 37.9 Å². The van der Waals surface area contributed by atoms with E-state index in [0.717, 1.165) is 18.2 Å². The van der Waals surface area contributed by atoms with Gasteiger partial charge in [-0.3, -0.25) is 10.1 Å². The summed E-state index contributed by atoms with van der Waals surface area (Å²) in [4.78, 5) is 34.5. The van der Waals surface area contributed by atoms with Gasteiger partial charge in [-0.25, -0.2) is 14.6 Å². The van der Waals surface area contributed by atoms with Crippen molar-refractivity contribution in [2.24, 2.45) is 0 Å². The molecule has 0 amide bonds. The van der Waals surface area contributed by atoms with Gasteiger partial charge in [-0.15, -0.1) is 0 Å². The molecule has 0 fully saturated rings. The molecule has 162 valence electrons. The highest BCUT2D eigenvalue weighted by atomic mass is 19.4. The lowest BCUT2D eigenvalue weighted by Gasteiger charge is -2.09. The normalized spacial score (nSPS) is 10.7. The highest BCUT2D eigenvalue weighted by Crippen LogP contribution is 2.33. The van der Waals surface area contributed by atoms with Gasteiger partial charge in [0.25, 0.3) is 5.69 Å². The van der Waals surface area contributed by atoms with Gasteiger partial charge in [-0.1, -0.05) is 6.07 Å². The zero-order chi connectivity index (χ0) is 23.3. The molecule has 0 unspecified atom stereocenters. The number of carbonyl (C=O) groups is 2. The molecule has 0 saturated carbocycles. The number of nitrogens with zero attached hydrogens (tertiary/aromatic N) is 3. The first-order valence-electron chi connectivity index (χ1n) is 8.32. The van der Waals surface area contributed by atoms with Crippen molar-refractivity contribution >= 4 is 17.6 Å². The highest BCUT2D eigenvalue weighted by Gasteiger charge is 2.33. The van der Waals surface area contributed by atoms with Gasteiger partial charge < -0.3 is 14.8 Å². The first-order chi connectivity index (χ1) is 14.4. The number of nitro benzene ring substituents is 1. The molecule has 1 heterocycles. The Labute approximate surface area is 172 Å². The minimum absolute atomic E-state index is 0.0111. The molecule has 9 nitrogen and oxygen atoms in total. The molecule has 3 aromatic rings. The third-order valence-electron chi connectivity index (χ3n) is 3.96. The standard InChI is InChI=1S/C10H6F3N3O2.C9H8O4/c11-10(12,13)7-3-8(15-2-1-14-6-15)5-9(4-7)16(17)18;1-5-2-3-6(8(10)11)4-7(5)9(12)13/h1-6H;2-4H,1H3,(H,10,11)(H,12,13). The molecule has 31 heavy (non-hydrogen) atoms. The maximum atomic E-state index is 12.6. The zero-order valence-electron chi connectivity index (χ0n) is 15.7. The van der Waals surface area contributed by atoms with E-state index in [1.165, 1.54) is 35.4 Å². The van der Waals surface area contributed by atoms with Crippen LogP contribution >= 0.6 is 0 Å². The van der Waals surface area contributed by atoms with E-state index < -0.39 is 34.3 Å². The van der Waals surface area contributed by atoms with Crippen LogP contribution in [-0.2, 0) is 6.18 Å². The minimum atomic E-state index is -4.64. The number of alkyl halides is 3. The van der Waals surface area contributed by atoms with E-state index in [1.54, 1.807) is 6.92 Å². The van der Waals surface area contributed by atoms with Gasteiger partial charge in [0.1, 0.15) is 0 Å². The Kier molecular flexibility index (Phi) is 6.75. The summed E-state index contributed by atoms with van der Waals surface area (Å²) in [6.07, 6.45) is -0.605. The number of imidazole rings is 1. The molecule has 2 N–H and O–H groups in total. The second-order valence-corrected chi connectivity index (χ2v) is 6.10. The second-order valence-electron chi connectivity index (χ2n) is 6.10. The monoisotopic (exact) mass is 437 g/mol. The first kappa shape index (κ1) is 23.1. The second kappa shape index (κ2) is 9.07. The van der Waals surface area contributed by atoms with E-state index in [9.17, 15) is 32.9 Å². The third kappa shape index (κ3) is 5.88. The number of hydrogen-bond donors (Lipinski definition) is 2. The molecule has 0 aliphatic rings. The summed E-state index contributed by atoms with van der Waals surface area (Å²) in [5, 5.41) is 27.9. The van der Waals surface area contributed by atoms with Crippen LogP contribution in [0.15, 0.2) is 55.1 Å². The fourth-order valence-electron chi connectivity index (χ4n) is 2.41. The molecular formula is C19H14F3N3O6. The lowest BCUT2D eigenvalue weighted by molar-refractivity contribution is -0.385. The maximum Gasteiger partial charge on any atom is 0.416 e. The SMILES string of the molecule is Cc1ccc(C(=O)O)cc1C(=O)O.O=[N+]([O-])c1cc(-n2ccnc2)cc(C(F)(F)F)c1. The van der Waals surface area contributed by atoms with E-state index in [2.05, 4.69) is 4.98 Å². The summed E-state index contributed by atoms with van der Waals surface area (Å²) < 4.78 is 39.1. The summed E-state index contributed by atoms with van der Waals surface area (Å²) in [6, 6.07) is 6.39. The van der Waals surface area contributed by atoms with Crippen LogP contribution in [0, 0.1) is 17.0 Å². The predicted octanol–water partition coefficient (Wildman–Crippen LogP) is 4.19. The number of benzene rings is 2. The fraction of sp³-hybridized carbons (Fsp3) is 0.105. The molecule has 0 aliphatic heterocycles. The molecule has 0 atom stereocenters. The van der Waals surface area contributed by atoms with Crippen LogP contribution in [0.2, 0.25) is 0 Å². The predicted molar refractivity (Wildman–Crippen MR) is 100 cm³/mol. The fourth-order valence-corrected chi connectivity index (χ4v) is 2.41. The van der Waals surface area contributed by atoms with E-state index in [-0.39, 0.29) is 16.8 Å². The van der Waals surface area contributed by atoms with Crippen molar-refractivity contribution in [1.29, 1.82) is 0 Å². The van der Waals surface area contributed by atoms with Crippen molar-refractivity contribution in [2.45, 2.75) is 13.1 Å². The smallest absolute Gasteiger partial charge is 0.416 e. The average molecular weight is 437 g/mol. The van der Waals surface area contributed by atoms with Gasteiger partial charge in [-0.05, 0) is 30.7 Å². The van der Waals surface area contributed by atoms with E-state index >= 15 is 0 Å². The van der Waals surface area contributed by atoms with E-state index in [4.69, 9.17) is 10.2 Å². The molecule has 0 saturated heterocycles. The highest BCUT2D eigenvalue weighted by molar-refractivity contribution is 5.94. The van der Waals surface area contributed by atoms with Crippen LogP contribution in [0.3, 0.4) is 0 Å². The number of hydrogen-bond acceptors (Lipinski definition) is 5. The van der Waals surface area contributed by atoms with Crippen LogP contribution < -0.4 is 0 Å². The van der Waals surface area contributed by atoms with E-state index in [1.807, 2.05) is 0 Å². The summed E-state index contributed by atoms with van der Waals surface area (Å²) in [7, 11) is 0. The maximum absolute atomic E-state index is 12.6. The van der Waals surface area contributed by atoms with Crippen LogP contribution in [0.4, 0.5) is 18.9 Å². The Hall–Kier alpha value is -4.22.